The minimum atomic E-state index is -3.37. The fourth-order valence-electron chi connectivity index (χ4n) is 3.08. The lowest BCUT2D eigenvalue weighted by Crippen LogP contribution is -2.34. The van der Waals surface area contributed by atoms with E-state index in [2.05, 4.69) is 5.32 Å². The third-order valence-corrected chi connectivity index (χ3v) is 5.67. The van der Waals surface area contributed by atoms with Crippen molar-refractivity contribution in [3.05, 3.63) is 59.7 Å². The van der Waals surface area contributed by atoms with Gasteiger partial charge in [0, 0.05) is 12.2 Å². The molecule has 7 nitrogen and oxygen atoms in total. The fraction of sp³-hybridized carbons (Fsp3) is 0.300. The van der Waals surface area contributed by atoms with E-state index in [0.717, 1.165) is 11.8 Å². The van der Waals surface area contributed by atoms with Crippen molar-refractivity contribution in [2.45, 2.75) is 25.9 Å². The van der Waals surface area contributed by atoms with E-state index in [1.165, 1.54) is 17.3 Å². The Kier molecular flexibility index (Phi) is 5.69. The molecule has 2 aromatic carbocycles. The second-order valence-electron chi connectivity index (χ2n) is 6.68. The van der Waals surface area contributed by atoms with E-state index in [9.17, 15) is 18.0 Å². The average molecular weight is 402 g/mol. The second kappa shape index (κ2) is 8.02. The summed E-state index contributed by atoms with van der Waals surface area (Å²) >= 11 is 0. The van der Waals surface area contributed by atoms with Crippen LogP contribution in [-0.4, -0.2) is 39.2 Å². The third-order valence-electron chi connectivity index (χ3n) is 4.49. The SMILES string of the molecule is C[C@H](OC(=O)c1ccc2c(c1)CCCN2S(C)(=O)=O)C(=O)Nc1ccccc1. The van der Waals surface area contributed by atoms with Gasteiger partial charge in [-0.25, -0.2) is 13.2 Å². The van der Waals surface area contributed by atoms with Crippen LogP contribution in [0.5, 0.6) is 0 Å². The molecule has 0 saturated carbocycles. The number of nitrogens with zero attached hydrogens (tertiary/aromatic N) is 1. The van der Waals surface area contributed by atoms with Gasteiger partial charge in [0.15, 0.2) is 6.10 Å². The zero-order valence-corrected chi connectivity index (χ0v) is 16.5. The van der Waals surface area contributed by atoms with Crippen LogP contribution in [0.25, 0.3) is 0 Å². The van der Waals surface area contributed by atoms with E-state index in [1.54, 1.807) is 36.4 Å². The summed E-state index contributed by atoms with van der Waals surface area (Å²) < 4.78 is 30.5. The number of carbonyl (C=O) groups excluding carboxylic acids is 2. The molecule has 148 valence electrons. The monoisotopic (exact) mass is 402 g/mol. The number of anilines is 2. The van der Waals surface area contributed by atoms with Crippen LogP contribution in [0, 0.1) is 0 Å². The number of hydrogen-bond donors (Lipinski definition) is 1. The van der Waals surface area contributed by atoms with Gasteiger partial charge < -0.3 is 10.1 Å². The molecule has 8 heteroatoms. The van der Waals surface area contributed by atoms with Crippen molar-refractivity contribution in [3.8, 4) is 0 Å². The number of fused-ring (bicyclic) bond motifs is 1. The maximum atomic E-state index is 12.4. The van der Waals surface area contributed by atoms with E-state index in [-0.39, 0.29) is 5.56 Å². The maximum absolute atomic E-state index is 12.4. The molecule has 1 aliphatic heterocycles. The quantitative estimate of drug-likeness (QED) is 0.776. The number of sulfonamides is 1. The van der Waals surface area contributed by atoms with Crippen LogP contribution >= 0.6 is 0 Å². The minimum absolute atomic E-state index is 0.286. The lowest BCUT2D eigenvalue weighted by Gasteiger charge is -2.29. The molecule has 1 N–H and O–H groups in total. The van der Waals surface area contributed by atoms with Gasteiger partial charge in [-0.2, -0.15) is 0 Å². The van der Waals surface area contributed by atoms with Gasteiger partial charge in [0.1, 0.15) is 0 Å². The van der Waals surface area contributed by atoms with Crippen LogP contribution in [0.15, 0.2) is 48.5 Å². The Balaban J connectivity index is 1.70. The molecule has 1 aliphatic rings. The van der Waals surface area contributed by atoms with Crippen LogP contribution in [0.1, 0.15) is 29.3 Å². The molecule has 0 aromatic heterocycles. The van der Waals surface area contributed by atoms with Gasteiger partial charge in [0.2, 0.25) is 10.0 Å². The van der Waals surface area contributed by atoms with E-state index in [4.69, 9.17) is 4.74 Å². The van der Waals surface area contributed by atoms with Crippen molar-refractivity contribution >= 4 is 33.3 Å². The van der Waals surface area contributed by atoms with Crippen molar-refractivity contribution in [2.24, 2.45) is 0 Å². The number of ether oxygens (including phenoxy) is 1. The summed E-state index contributed by atoms with van der Waals surface area (Å²) in [6.45, 7) is 1.92. The molecule has 0 fully saturated rings. The van der Waals surface area contributed by atoms with Crippen molar-refractivity contribution in [3.63, 3.8) is 0 Å². The Morgan fingerprint density at radius 2 is 1.86 bits per heavy atom. The van der Waals surface area contributed by atoms with Crippen LogP contribution in [-0.2, 0) is 26.0 Å². The Labute approximate surface area is 164 Å². The molecule has 2 aromatic rings. The fourth-order valence-corrected chi connectivity index (χ4v) is 4.08. The molecule has 0 unspecified atom stereocenters. The van der Waals surface area contributed by atoms with Crippen LogP contribution < -0.4 is 9.62 Å². The molecule has 3 rings (SSSR count). The number of benzene rings is 2. The van der Waals surface area contributed by atoms with Crippen LogP contribution in [0.3, 0.4) is 0 Å². The first-order valence-electron chi connectivity index (χ1n) is 8.93. The topological polar surface area (TPSA) is 92.8 Å². The summed E-state index contributed by atoms with van der Waals surface area (Å²) in [6, 6.07) is 13.7. The molecule has 1 atom stereocenters. The first-order valence-corrected chi connectivity index (χ1v) is 10.8. The summed E-state index contributed by atoms with van der Waals surface area (Å²) in [5, 5.41) is 2.68. The molecule has 0 bridgehead atoms. The van der Waals surface area contributed by atoms with E-state index in [0.29, 0.717) is 30.8 Å². The van der Waals surface area contributed by atoms with Crippen molar-refractivity contribution in [2.75, 3.05) is 22.4 Å². The Bertz CT molecular complexity index is 989. The van der Waals surface area contributed by atoms with Gasteiger partial charge in [0.05, 0.1) is 17.5 Å². The van der Waals surface area contributed by atoms with Gasteiger partial charge in [-0.05, 0) is 55.7 Å². The van der Waals surface area contributed by atoms with Gasteiger partial charge in [-0.15, -0.1) is 0 Å². The average Bonchev–Trinajstić information content (AvgIpc) is 2.67. The molecule has 0 aliphatic carbocycles. The number of amides is 1. The lowest BCUT2D eigenvalue weighted by atomic mass is 10.0. The van der Waals surface area contributed by atoms with Gasteiger partial charge in [-0.1, -0.05) is 18.2 Å². The number of esters is 1. The van der Waals surface area contributed by atoms with Crippen LogP contribution in [0.2, 0.25) is 0 Å². The summed E-state index contributed by atoms with van der Waals surface area (Å²) in [5.74, 6) is -1.06. The maximum Gasteiger partial charge on any atom is 0.338 e. The van der Waals surface area contributed by atoms with Gasteiger partial charge >= 0.3 is 5.97 Å². The molecule has 0 spiro atoms. The minimum Gasteiger partial charge on any atom is -0.449 e. The Morgan fingerprint density at radius 1 is 1.14 bits per heavy atom. The number of nitrogens with one attached hydrogen (secondary N) is 1. The zero-order valence-electron chi connectivity index (χ0n) is 15.7. The highest BCUT2D eigenvalue weighted by atomic mass is 32.2. The highest BCUT2D eigenvalue weighted by Crippen LogP contribution is 2.30. The summed E-state index contributed by atoms with van der Waals surface area (Å²) in [7, 11) is -3.37. The first-order chi connectivity index (χ1) is 13.3. The highest BCUT2D eigenvalue weighted by Gasteiger charge is 2.26. The van der Waals surface area contributed by atoms with Crippen LogP contribution in [0.4, 0.5) is 11.4 Å². The molecule has 28 heavy (non-hydrogen) atoms. The standard InChI is InChI=1S/C20H22N2O5S/c1-14(19(23)21-17-8-4-3-5-9-17)27-20(24)16-10-11-18-15(13-16)7-6-12-22(18)28(2,25)26/h3-5,8-11,13-14H,6-7,12H2,1-2H3,(H,21,23)/t14-/m0/s1. The summed E-state index contributed by atoms with van der Waals surface area (Å²) in [4.78, 5) is 24.6. The molecule has 1 amide bonds. The number of rotatable bonds is 5. The molecule has 0 radical (unpaired) electrons. The molecular weight excluding hydrogens is 380 g/mol. The van der Waals surface area contributed by atoms with E-state index < -0.39 is 28.0 Å². The number of carbonyl (C=O) groups is 2. The van der Waals surface area contributed by atoms with Gasteiger partial charge in [-0.3, -0.25) is 9.10 Å². The van der Waals surface area contributed by atoms with E-state index >= 15 is 0 Å². The van der Waals surface area contributed by atoms with Crippen molar-refractivity contribution in [1.82, 2.24) is 0 Å². The Hall–Kier alpha value is -2.87. The summed E-state index contributed by atoms with van der Waals surface area (Å²) in [5.41, 5.74) is 2.26. The zero-order chi connectivity index (χ0) is 20.3. The second-order valence-corrected chi connectivity index (χ2v) is 8.59. The van der Waals surface area contributed by atoms with Gasteiger partial charge in [0.25, 0.3) is 5.91 Å². The largest absolute Gasteiger partial charge is 0.449 e. The lowest BCUT2D eigenvalue weighted by molar-refractivity contribution is -0.123. The number of hydrogen-bond acceptors (Lipinski definition) is 5. The predicted octanol–water partition coefficient (Wildman–Crippen LogP) is 2.58. The Morgan fingerprint density at radius 3 is 2.54 bits per heavy atom. The smallest absolute Gasteiger partial charge is 0.338 e. The van der Waals surface area contributed by atoms with E-state index in [1.807, 2.05) is 6.07 Å². The number of aryl methyl sites for hydroxylation is 1. The number of para-hydroxylation sites is 1. The molecule has 1 heterocycles. The first kappa shape index (κ1) is 19.9. The normalized spacial score (nSPS) is 14.7. The summed E-state index contributed by atoms with van der Waals surface area (Å²) in [6.07, 6.45) is 1.54. The van der Waals surface area contributed by atoms with Crippen molar-refractivity contribution in [1.29, 1.82) is 0 Å². The van der Waals surface area contributed by atoms with Crippen molar-refractivity contribution < 1.29 is 22.7 Å². The molecular formula is C20H22N2O5S. The predicted molar refractivity (Wildman–Crippen MR) is 107 cm³/mol. The molecule has 0 saturated heterocycles. The highest BCUT2D eigenvalue weighted by molar-refractivity contribution is 7.92. The third kappa shape index (κ3) is 4.51.